The number of nitrogens with zero attached hydrogens (tertiary/aromatic N) is 2. The molecular formula is C6H13N3. The van der Waals surface area contributed by atoms with Crippen molar-refractivity contribution in [2.45, 2.75) is 20.3 Å². The Morgan fingerprint density at radius 2 is 2.22 bits per heavy atom. The molecule has 0 saturated carbocycles. The van der Waals surface area contributed by atoms with E-state index in [4.69, 9.17) is 0 Å². The summed E-state index contributed by atoms with van der Waals surface area (Å²) >= 11 is 0. The van der Waals surface area contributed by atoms with Gasteiger partial charge in [0.25, 0.3) is 0 Å². The van der Waals surface area contributed by atoms with Crippen LogP contribution in [0.25, 0.3) is 0 Å². The fourth-order valence-corrected chi connectivity index (χ4v) is 0.256. The van der Waals surface area contributed by atoms with Crippen molar-refractivity contribution in [3.8, 4) is 0 Å². The highest BCUT2D eigenvalue weighted by Crippen LogP contribution is 1.88. The highest BCUT2D eigenvalue weighted by molar-refractivity contribution is 4.86. The van der Waals surface area contributed by atoms with Gasteiger partial charge in [0, 0.05) is 5.70 Å². The van der Waals surface area contributed by atoms with E-state index >= 15 is 0 Å². The summed E-state index contributed by atoms with van der Waals surface area (Å²) in [6.07, 6.45) is 0.892. The van der Waals surface area contributed by atoms with Gasteiger partial charge in [-0.1, -0.05) is 18.7 Å². The summed E-state index contributed by atoms with van der Waals surface area (Å²) in [7, 11) is 0. The van der Waals surface area contributed by atoms with Gasteiger partial charge in [-0.15, -0.1) is 0 Å². The quantitative estimate of drug-likeness (QED) is 0.454. The van der Waals surface area contributed by atoms with Gasteiger partial charge in [0.15, 0.2) is 0 Å². The molecule has 3 nitrogen and oxygen atoms in total. The standard InChI is InChI=1S/C6H13N3/c1-4-6(3)8-9-7-5-2/h3-5H2,1-2H3,(H,7,8). The van der Waals surface area contributed by atoms with Crippen LogP contribution in [0.3, 0.4) is 0 Å². The highest BCUT2D eigenvalue weighted by Gasteiger charge is 1.81. The van der Waals surface area contributed by atoms with Crippen LogP contribution in [-0.2, 0) is 0 Å². The Labute approximate surface area is 55.8 Å². The van der Waals surface area contributed by atoms with E-state index in [9.17, 15) is 0 Å². The molecule has 0 amide bonds. The second kappa shape index (κ2) is 5.28. The third-order valence-corrected chi connectivity index (χ3v) is 0.847. The van der Waals surface area contributed by atoms with Crippen LogP contribution in [0.1, 0.15) is 20.3 Å². The Kier molecular flexibility index (Phi) is 4.78. The molecule has 0 unspecified atom stereocenters. The van der Waals surface area contributed by atoms with E-state index in [1.54, 1.807) is 0 Å². The molecule has 0 aromatic carbocycles. The fourth-order valence-electron chi connectivity index (χ4n) is 0.256. The largest absolute Gasteiger partial charge is 0.265 e. The van der Waals surface area contributed by atoms with Crippen molar-refractivity contribution in [3.05, 3.63) is 12.3 Å². The third-order valence-electron chi connectivity index (χ3n) is 0.847. The first-order valence-corrected chi connectivity index (χ1v) is 3.11. The molecule has 0 spiro atoms. The van der Waals surface area contributed by atoms with Crippen molar-refractivity contribution in [1.82, 2.24) is 5.43 Å². The molecule has 0 aromatic rings. The smallest absolute Gasteiger partial charge is 0.0592 e. The molecule has 9 heavy (non-hydrogen) atoms. The van der Waals surface area contributed by atoms with Gasteiger partial charge in [0.05, 0.1) is 6.54 Å². The Morgan fingerprint density at radius 1 is 1.56 bits per heavy atom. The lowest BCUT2D eigenvalue weighted by atomic mass is 10.4. The minimum absolute atomic E-state index is 0.712. The predicted octanol–water partition coefficient (Wildman–Crippen LogP) is 1.89. The van der Waals surface area contributed by atoms with Crippen LogP contribution in [0.5, 0.6) is 0 Å². The lowest BCUT2D eigenvalue weighted by Gasteiger charge is -1.95. The normalized spacial score (nSPS) is 10.0. The Morgan fingerprint density at radius 3 is 2.67 bits per heavy atom. The van der Waals surface area contributed by atoms with E-state index in [-0.39, 0.29) is 0 Å². The van der Waals surface area contributed by atoms with Crippen LogP contribution in [0.15, 0.2) is 22.6 Å². The zero-order chi connectivity index (χ0) is 7.11. The molecule has 0 radical (unpaired) electrons. The molecule has 52 valence electrons. The van der Waals surface area contributed by atoms with E-state index in [2.05, 4.69) is 22.3 Å². The van der Waals surface area contributed by atoms with E-state index < -0.39 is 0 Å². The lowest BCUT2D eigenvalue weighted by molar-refractivity contribution is 0.748. The average Bonchev–Trinajstić information content (AvgIpc) is 1.89. The third kappa shape index (κ3) is 5.00. The SMILES string of the molecule is C=C(CC)NN=NCC. The number of hydrogen-bond donors (Lipinski definition) is 1. The highest BCUT2D eigenvalue weighted by atomic mass is 15.4. The van der Waals surface area contributed by atoms with Crippen molar-refractivity contribution in [1.29, 1.82) is 0 Å². The molecule has 0 fully saturated rings. The maximum Gasteiger partial charge on any atom is 0.0592 e. The van der Waals surface area contributed by atoms with Gasteiger partial charge < -0.3 is 0 Å². The molecule has 3 heteroatoms. The van der Waals surface area contributed by atoms with Gasteiger partial charge in [-0.3, -0.25) is 5.43 Å². The summed E-state index contributed by atoms with van der Waals surface area (Å²) in [5, 5.41) is 7.35. The van der Waals surface area contributed by atoms with Crippen LogP contribution in [0.2, 0.25) is 0 Å². The van der Waals surface area contributed by atoms with Crippen LogP contribution in [-0.4, -0.2) is 6.54 Å². The van der Waals surface area contributed by atoms with Gasteiger partial charge in [0.1, 0.15) is 0 Å². The van der Waals surface area contributed by atoms with Gasteiger partial charge in [-0.2, -0.15) is 5.11 Å². The average molecular weight is 127 g/mol. The molecule has 0 aliphatic carbocycles. The van der Waals surface area contributed by atoms with Crippen LogP contribution in [0, 0.1) is 0 Å². The van der Waals surface area contributed by atoms with Gasteiger partial charge >= 0.3 is 0 Å². The molecule has 0 aromatic heterocycles. The second-order valence-electron chi connectivity index (χ2n) is 1.63. The molecule has 1 N–H and O–H groups in total. The molecule has 0 rings (SSSR count). The van der Waals surface area contributed by atoms with E-state index in [1.165, 1.54) is 0 Å². The van der Waals surface area contributed by atoms with Crippen LogP contribution < -0.4 is 5.43 Å². The number of hydrogen-bond acceptors (Lipinski definition) is 2. The molecule has 0 saturated heterocycles. The first-order valence-electron chi connectivity index (χ1n) is 3.11. The molecular weight excluding hydrogens is 114 g/mol. The topological polar surface area (TPSA) is 36.8 Å². The van der Waals surface area contributed by atoms with E-state index in [0.29, 0.717) is 6.54 Å². The minimum Gasteiger partial charge on any atom is -0.265 e. The van der Waals surface area contributed by atoms with Gasteiger partial charge in [-0.25, -0.2) is 0 Å². The second-order valence-corrected chi connectivity index (χ2v) is 1.63. The summed E-state index contributed by atoms with van der Waals surface area (Å²) in [5.74, 6) is 0. The van der Waals surface area contributed by atoms with Crippen LogP contribution in [0.4, 0.5) is 0 Å². The zero-order valence-electron chi connectivity index (χ0n) is 6.02. The molecule has 0 atom stereocenters. The summed E-state index contributed by atoms with van der Waals surface area (Å²) in [6.45, 7) is 8.33. The Hall–Kier alpha value is -0.860. The van der Waals surface area contributed by atoms with E-state index in [1.807, 2.05) is 13.8 Å². The van der Waals surface area contributed by atoms with Gasteiger partial charge in [0.2, 0.25) is 0 Å². The zero-order valence-corrected chi connectivity index (χ0v) is 6.02. The predicted molar refractivity (Wildman–Crippen MR) is 38.0 cm³/mol. The Bertz CT molecular complexity index is 107. The minimum atomic E-state index is 0.712. The summed E-state index contributed by atoms with van der Waals surface area (Å²) in [4.78, 5) is 0. The van der Waals surface area contributed by atoms with Crippen molar-refractivity contribution in [2.24, 2.45) is 10.3 Å². The van der Waals surface area contributed by atoms with Crippen molar-refractivity contribution < 1.29 is 0 Å². The summed E-state index contributed by atoms with van der Waals surface area (Å²) < 4.78 is 0. The lowest BCUT2D eigenvalue weighted by Crippen LogP contribution is -2.00. The number of nitrogens with one attached hydrogen (secondary N) is 1. The number of rotatable bonds is 4. The number of allylic oxidation sites excluding steroid dienone is 1. The molecule has 0 aliphatic heterocycles. The molecule has 0 aliphatic rings. The first-order chi connectivity index (χ1) is 4.31. The maximum absolute atomic E-state index is 3.71. The molecule has 0 heterocycles. The van der Waals surface area contributed by atoms with Crippen molar-refractivity contribution >= 4 is 0 Å². The van der Waals surface area contributed by atoms with E-state index in [0.717, 1.165) is 12.1 Å². The first kappa shape index (κ1) is 8.14. The summed E-state index contributed by atoms with van der Waals surface area (Å²) in [6, 6.07) is 0. The fraction of sp³-hybridized carbons (Fsp3) is 0.667. The van der Waals surface area contributed by atoms with Crippen LogP contribution >= 0.6 is 0 Å². The van der Waals surface area contributed by atoms with Crippen molar-refractivity contribution in [2.75, 3.05) is 6.54 Å². The monoisotopic (exact) mass is 127 g/mol. The Balaban J connectivity index is 3.26. The summed E-state index contributed by atoms with van der Waals surface area (Å²) in [5.41, 5.74) is 3.59. The molecule has 0 bridgehead atoms. The van der Waals surface area contributed by atoms with Gasteiger partial charge in [-0.05, 0) is 13.3 Å². The maximum atomic E-state index is 3.71. The van der Waals surface area contributed by atoms with Crippen molar-refractivity contribution in [3.63, 3.8) is 0 Å².